The molecule has 2 aliphatic rings. The number of rotatable bonds is 0. The van der Waals surface area contributed by atoms with Gasteiger partial charge in [0.25, 0.3) is 5.97 Å². The zero-order valence-corrected chi connectivity index (χ0v) is 6.40. The first-order chi connectivity index (χ1) is 5.54. The van der Waals surface area contributed by atoms with E-state index in [4.69, 9.17) is 20.1 Å². The number of phenolic OH excluding ortho intramolecular Hbond substituents is 2. The van der Waals surface area contributed by atoms with Gasteiger partial charge in [0.2, 0.25) is 0 Å². The van der Waals surface area contributed by atoms with E-state index in [0.717, 1.165) is 18.1 Å². The number of hydrogen-bond donors (Lipinski definition) is 3. The van der Waals surface area contributed by atoms with E-state index in [0.29, 0.717) is 0 Å². The Morgan fingerprint density at radius 2 is 1.42 bits per heavy atom. The van der Waals surface area contributed by atoms with Crippen molar-refractivity contribution < 1.29 is 20.1 Å². The Morgan fingerprint density at radius 1 is 1.17 bits per heavy atom. The van der Waals surface area contributed by atoms with E-state index in [-0.39, 0.29) is 11.5 Å². The van der Waals surface area contributed by atoms with Gasteiger partial charge in [-0.3, -0.25) is 4.79 Å². The molecule has 4 heteroatoms. The highest BCUT2D eigenvalue weighted by atomic mass is 16.4. The third-order valence-corrected chi connectivity index (χ3v) is 1.44. The highest BCUT2D eigenvalue weighted by Gasteiger charge is 2.24. The van der Waals surface area contributed by atoms with E-state index < -0.39 is 5.97 Å². The Kier molecular flexibility index (Phi) is 1.91. The summed E-state index contributed by atoms with van der Waals surface area (Å²) in [6.07, 6.45) is 0. The minimum atomic E-state index is -0.833. The molecule has 2 rings (SSSR count). The molecule has 0 amide bonds. The minimum Gasteiger partial charge on any atom is -0.504 e. The molecule has 0 radical (unpaired) electrons. The molecule has 0 aromatic carbocycles. The van der Waals surface area contributed by atoms with Gasteiger partial charge in [-0.1, -0.05) is 0 Å². The molecule has 0 aromatic rings. The monoisotopic (exact) mass is 168 g/mol. The van der Waals surface area contributed by atoms with Gasteiger partial charge in [0.1, 0.15) is 0 Å². The molecule has 0 aromatic heterocycles. The van der Waals surface area contributed by atoms with Gasteiger partial charge < -0.3 is 15.3 Å². The molecule has 0 fully saturated rings. The second-order valence-electron chi connectivity index (χ2n) is 2.38. The van der Waals surface area contributed by atoms with Crippen LogP contribution in [0.3, 0.4) is 0 Å². The molecule has 0 bridgehead atoms. The smallest absolute Gasteiger partial charge is 0.300 e. The van der Waals surface area contributed by atoms with Gasteiger partial charge in [0.15, 0.2) is 11.5 Å². The molecule has 0 heterocycles. The summed E-state index contributed by atoms with van der Waals surface area (Å²) in [4.78, 5) is 9.00. The fraction of sp³-hybridized carbons (Fsp3) is 0.125. The molecule has 0 aliphatic heterocycles. The molecular weight excluding hydrogens is 160 g/mol. The summed E-state index contributed by atoms with van der Waals surface area (Å²) in [6, 6.07) is 3.54. The van der Waals surface area contributed by atoms with Crippen molar-refractivity contribution in [2.75, 3.05) is 0 Å². The van der Waals surface area contributed by atoms with Crippen LogP contribution in [0, 0.1) is 0 Å². The van der Waals surface area contributed by atoms with Crippen molar-refractivity contribution in [3.8, 4) is 22.6 Å². The first-order valence-electron chi connectivity index (χ1n) is 3.29. The maximum absolute atomic E-state index is 9.00. The van der Waals surface area contributed by atoms with E-state index in [9.17, 15) is 0 Å². The summed E-state index contributed by atoms with van der Waals surface area (Å²) in [5.41, 5.74) is 1.59. The third-order valence-electron chi connectivity index (χ3n) is 1.44. The lowest BCUT2D eigenvalue weighted by atomic mass is 9.90. The van der Waals surface area contributed by atoms with Gasteiger partial charge in [0, 0.05) is 18.1 Å². The van der Waals surface area contributed by atoms with Crippen LogP contribution in [0.15, 0.2) is 12.1 Å². The zero-order valence-electron chi connectivity index (χ0n) is 6.40. The number of aliphatic carboxylic acids is 1. The summed E-state index contributed by atoms with van der Waals surface area (Å²) >= 11 is 0. The van der Waals surface area contributed by atoms with Crippen LogP contribution in [0.25, 0.3) is 11.1 Å². The molecule has 3 N–H and O–H groups in total. The summed E-state index contributed by atoms with van der Waals surface area (Å²) in [5.74, 6) is -0.745. The summed E-state index contributed by atoms with van der Waals surface area (Å²) in [6.45, 7) is 1.08. The van der Waals surface area contributed by atoms with Crippen LogP contribution in [-0.4, -0.2) is 21.3 Å². The predicted molar refractivity (Wildman–Crippen MR) is 42.1 cm³/mol. The number of carboxylic acid groups (broad SMARTS) is 1. The Balaban J connectivity index is 0.000000157. The molecule has 0 unspecified atom stereocenters. The van der Waals surface area contributed by atoms with Gasteiger partial charge in [0.05, 0.1) is 0 Å². The summed E-state index contributed by atoms with van der Waals surface area (Å²) in [7, 11) is 0. The van der Waals surface area contributed by atoms with Crippen LogP contribution < -0.4 is 0 Å². The van der Waals surface area contributed by atoms with Crippen LogP contribution in [0.5, 0.6) is 11.5 Å². The molecule has 0 saturated heterocycles. The van der Waals surface area contributed by atoms with Gasteiger partial charge in [-0.05, 0) is 12.1 Å². The number of aromatic hydroxyl groups is 2. The quantitative estimate of drug-likeness (QED) is 0.516. The van der Waals surface area contributed by atoms with Crippen LogP contribution in [0.2, 0.25) is 0 Å². The molecule has 0 atom stereocenters. The standard InChI is InChI=1S/C6H4O2.C2H4O2/c7-5-3-1-2-4(3)6(5)8;1-2(3)4/h1-2,7-8H;1H3,(H,3,4). The van der Waals surface area contributed by atoms with Crippen molar-refractivity contribution in [3.05, 3.63) is 12.1 Å². The molecular formula is C8H8O4. The van der Waals surface area contributed by atoms with Gasteiger partial charge in [-0.15, -0.1) is 0 Å². The Labute approximate surface area is 68.7 Å². The highest BCUT2D eigenvalue weighted by Crippen LogP contribution is 2.53. The third kappa shape index (κ3) is 1.18. The number of carbonyl (C=O) groups is 1. The normalized spacial score (nSPS) is 9.75. The predicted octanol–water partition coefficient (Wildman–Crippen LogP) is 1.17. The van der Waals surface area contributed by atoms with Gasteiger partial charge in [-0.25, -0.2) is 0 Å². The maximum atomic E-state index is 9.00. The topological polar surface area (TPSA) is 77.8 Å². The average Bonchev–Trinajstić information content (AvgIpc) is 1.84. The number of phenols is 2. The van der Waals surface area contributed by atoms with Crippen molar-refractivity contribution in [1.82, 2.24) is 0 Å². The van der Waals surface area contributed by atoms with Crippen molar-refractivity contribution in [2.45, 2.75) is 6.92 Å². The van der Waals surface area contributed by atoms with Crippen molar-refractivity contribution in [1.29, 1.82) is 0 Å². The second kappa shape index (κ2) is 2.73. The number of carboxylic acids is 1. The number of hydrogen-bond acceptors (Lipinski definition) is 3. The molecule has 64 valence electrons. The van der Waals surface area contributed by atoms with Crippen molar-refractivity contribution >= 4 is 5.97 Å². The molecule has 4 nitrogen and oxygen atoms in total. The minimum absolute atomic E-state index is 0.0440. The summed E-state index contributed by atoms with van der Waals surface area (Å²) in [5, 5.41) is 24.9. The van der Waals surface area contributed by atoms with E-state index in [2.05, 4.69) is 0 Å². The largest absolute Gasteiger partial charge is 0.504 e. The van der Waals surface area contributed by atoms with Gasteiger partial charge >= 0.3 is 0 Å². The second-order valence-corrected chi connectivity index (χ2v) is 2.38. The molecule has 0 spiro atoms. The first-order valence-corrected chi connectivity index (χ1v) is 3.29. The molecule has 12 heavy (non-hydrogen) atoms. The van der Waals surface area contributed by atoms with Crippen molar-refractivity contribution in [2.24, 2.45) is 0 Å². The number of benzene rings is 1. The van der Waals surface area contributed by atoms with Crippen LogP contribution in [0.4, 0.5) is 0 Å². The van der Waals surface area contributed by atoms with E-state index >= 15 is 0 Å². The van der Waals surface area contributed by atoms with Gasteiger partial charge in [-0.2, -0.15) is 0 Å². The molecule has 2 aliphatic carbocycles. The Morgan fingerprint density at radius 3 is 1.50 bits per heavy atom. The molecule has 0 saturated carbocycles. The average molecular weight is 168 g/mol. The number of fused-ring (bicyclic) bond motifs is 1. The Bertz CT molecular complexity index is 299. The van der Waals surface area contributed by atoms with Crippen molar-refractivity contribution in [3.63, 3.8) is 0 Å². The Hall–Kier alpha value is -1.71. The van der Waals surface area contributed by atoms with E-state index in [1.54, 1.807) is 12.1 Å². The maximum Gasteiger partial charge on any atom is 0.300 e. The SMILES string of the molecule is CC(=O)O.Oc1c2ccc-2c1O. The van der Waals surface area contributed by atoms with Crippen LogP contribution in [0.1, 0.15) is 6.92 Å². The van der Waals surface area contributed by atoms with E-state index in [1.807, 2.05) is 0 Å². The first kappa shape index (κ1) is 8.39. The fourth-order valence-corrected chi connectivity index (χ4v) is 0.856. The lowest BCUT2D eigenvalue weighted by molar-refractivity contribution is -0.134. The van der Waals surface area contributed by atoms with Crippen LogP contribution in [-0.2, 0) is 4.79 Å². The van der Waals surface area contributed by atoms with Crippen LogP contribution >= 0.6 is 0 Å². The lowest BCUT2D eigenvalue weighted by Gasteiger charge is -2.18. The zero-order chi connectivity index (χ0) is 9.30. The fourth-order valence-electron chi connectivity index (χ4n) is 0.856. The highest BCUT2D eigenvalue weighted by molar-refractivity contribution is 5.92. The lowest BCUT2D eigenvalue weighted by Crippen LogP contribution is -1.91. The van der Waals surface area contributed by atoms with E-state index in [1.165, 1.54) is 0 Å². The summed E-state index contributed by atoms with van der Waals surface area (Å²) < 4.78 is 0.